The monoisotopic (exact) mass is 400 g/mol. The van der Waals surface area contributed by atoms with Crippen LogP contribution in [0.1, 0.15) is 22.8 Å². The second-order valence-corrected chi connectivity index (χ2v) is 6.51. The molecule has 0 spiro atoms. The first-order valence-electron chi connectivity index (χ1n) is 7.71. The van der Waals surface area contributed by atoms with E-state index in [1.165, 1.54) is 6.92 Å². The number of carbonyl (C=O) groups excluding carboxylic acids is 2. The van der Waals surface area contributed by atoms with E-state index in [9.17, 15) is 9.59 Å². The number of aromatic nitrogens is 1. The average Bonchev–Trinajstić information content (AvgIpc) is 3.03. The smallest absolute Gasteiger partial charge is 0.302 e. The van der Waals surface area contributed by atoms with Crippen LogP contribution in [0.25, 0.3) is 22.2 Å². The maximum atomic E-state index is 13.1. The summed E-state index contributed by atoms with van der Waals surface area (Å²) in [5.41, 5.74) is 3.11. The van der Waals surface area contributed by atoms with Gasteiger partial charge in [0.15, 0.2) is 11.5 Å². The zero-order chi connectivity index (χ0) is 17.6. The first-order valence-corrected chi connectivity index (χ1v) is 8.50. The van der Waals surface area contributed by atoms with E-state index >= 15 is 0 Å². The molecule has 7 heteroatoms. The van der Waals surface area contributed by atoms with E-state index < -0.39 is 0 Å². The van der Waals surface area contributed by atoms with Crippen LogP contribution in [0.3, 0.4) is 0 Å². The summed E-state index contributed by atoms with van der Waals surface area (Å²) >= 11 is 3.48. The van der Waals surface area contributed by atoms with Gasteiger partial charge in [0, 0.05) is 34.8 Å². The zero-order valence-electron chi connectivity index (χ0n) is 13.3. The van der Waals surface area contributed by atoms with Crippen molar-refractivity contribution in [2.24, 2.45) is 0 Å². The molecule has 1 aliphatic carbocycles. The molecule has 0 aliphatic heterocycles. The number of fused-ring (bicyclic) bond motifs is 2. The molecular formula is C18H13BrN2O4. The van der Waals surface area contributed by atoms with Crippen molar-refractivity contribution >= 4 is 44.3 Å². The van der Waals surface area contributed by atoms with Crippen LogP contribution >= 0.6 is 15.9 Å². The van der Waals surface area contributed by atoms with Gasteiger partial charge in [0.25, 0.3) is 0 Å². The fourth-order valence-corrected chi connectivity index (χ4v) is 3.54. The van der Waals surface area contributed by atoms with Crippen LogP contribution in [0.15, 0.2) is 39.3 Å². The number of esters is 1. The van der Waals surface area contributed by atoms with Gasteiger partial charge in [-0.15, -0.1) is 0 Å². The largest absolute Gasteiger partial charge is 0.464 e. The molecule has 0 saturated heterocycles. The fraction of sp³-hybridized carbons (Fsp3) is 0.167. The molecule has 3 aromatic rings. The van der Waals surface area contributed by atoms with Crippen LogP contribution in [-0.2, 0) is 9.53 Å². The summed E-state index contributed by atoms with van der Waals surface area (Å²) in [4.78, 5) is 23.9. The van der Waals surface area contributed by atoms with Crippen molar-refractivity contribution in [3.63, 3.8) is 0 Å². The summed E-state index contributed by atoms with van der Waals surface area (Å²) in [5, 5.41) is 7.97. The van der Waals surface area contributed by atoms with Crippen molar-refractivity contribution in [1.82, 2.24) is 5.16 Å². The quantitative estimate of drug-likeness (QED) is 0.414. The van der Waals surface area contributed by atoms with Gasteiger partial charge in [-0.2, -0.15) is 0 Å². The lowest BCUT2D eigenvalue weighted by Gasteiger charge is -2.18. The third-order valence-corrected chi connectivity index (χ3v) is 4.68. The number of nitrogens with one attached hydrogen (secondary N) is 1. The predicted octanol–water partition coefficient (Wildman–Crippen LogP) is 3.78. The first-order chi connectivity index (χ1) is 12.1. The number of ketones is 1. The molecule has 0 saturated carbocycles. The summed E-state index contributed by atoms with van der Waals surface area (Å²) in [5.74, 6) is 0.161. The van der Waals surface area contributed by atoms with Gasteiger partial charge in [0.1, 0.15) is 12.1 Å². The van der Waals surface area contributed by atoms with E-state index in [2.05, 4.69) is 26.4 Å². The molecule has 1 aromatic heterocycles. The highest BCUT2D eigenvalue weighted by Crippen LogP contribution is 2.44. The molecule has 4 rings (SSSR count). The van der Waals surface area contributed by atoms with E-state index in [1.54, 1.807) is 12.1 Å². The third-order valence-electron chi connectivity index (χ3n) is 4.07. The lowest BCUT2D eigenvalue weighted by atomic mass is 9.87. The second-order valence-electron chi connectivity index (χ2n) is 5.66. The Kier molecular flexibility index (Phi) is 3.80. The van der Waals surface area contributed by atoms with Crippen LogP contribution < -0.4 is 5.32 Å². The lowest BCUT2D eigenvalue weighted by molar-refractivity contribution is -0.140. The van der Waals surface area contributed by atoms with Gasteiger partial charge in [0.05, 0.1) is 10.9 Å². The number of carbonyl (C=O) groups is 2. The lowest BCUT2D eigenvalue weighted by Crippen LogP contribution is -2.16. The minimum Gasteiger partial charge on any atom is -0.464 e. The highest BCUT2D eigenvalue weighted by molar-refractivity contribution is 9.10. The number of halogens is 1. The summed E-state index contributed by atoms with van der Waals surface area (Å²) in [6.45, 7) is 1.96. The molecule has 0 unspecified atom stereocenters. The summed E-state index contributed by atoms with van der Waals surface area (Å²) in [6, 6.07) is 9.11. The third kappa shape index (κ3) is 2.51. The van der Waals surface area contributed by atoms with Crippen molar-refractivity contribution in [3.05, 3.63) is 45.9 Å². The molecule has 1 heterocycles. The number of rotatable bonds is 4. The van der Waals surface area contributed by atoms with Gasteiger partial charge in [0.2, 0.25) is 0 Å². The normalized spacial score (nSPS) is 12.2. The Morgan fingerprint density at radius 3 is 2.84 bits per heavy atom. The number of benzene rings is 2. The number of ether oxygens (including phenoxy) is 1. The number of hydrogen-bond donors (Lipinski definition) is 1. The molecule has 0 amide bonds. The van der Waals surface area contributed by atoms with Gasteiger partial charge >= 0.3 is 5.97 Å². The van der Waals surface area contributed by atoms with Crippen molar-refractivity contribution in [3.8, 4) is 11.3 Å². The first kappa shape index (κ1) is 15.8. The molecule has 0 atom stereocenters. The van der Waals surface area contributed by atoms with E-state index in [4.69, 9.17) is 9.26 Å². The summed E-state index contributed by atoms with van der Waals surface area (Å²) in [6.07, 6.45) is 0. The summed E-state index contributed by atoms with van der Waals surface area (Å²) < 4.78 is 11.2. The zero-order valence-corrected chi connectivity index (χ0v) is 14.8. The highest BCUT2D eigenvalue weighted by atomic mass is 79.9. The highest BCUT2D eigenvalue weighted by Gasteiger charge is 2.32. The van der Waals surface area contributed by atoms with Gasteiger partial charge in [-0.1, -0.05) is 29.4 Å². The Labute approximate surface area is 151 Å². The fourth-order valence-electron chi connectivity index (χ4n) is 3.04. The molecule has 1 aliphatic rings. The van der Waals surface area contributed by atoms with Crippen molar-refractivity contribution in [1.29, 1.82) is 0 Å². The topological polar surface area (TPSA) is 81.4 Å². The van der Waals surface area contributed by atoms with Gasteiger partial charge in [-0.05, 0) is 22.0 Å². The van der Waals surface area contributed by atoms with Crippen LogP contribution in [-0.4, -0.2) is 30.1 Å². The Morgan fingerprint density at radius 2 is 2.08 bits per heavy atom. The van der Waals surface area contributed by atoms with Gasteiger partial charge < -0.3 is 14.6 Å². The van der Waals surface area contributed by atoms with E-state index in [0.717, 1.165) is 10.0 Å². The number of anilines is 1. The van der Waals surface area contributed by atoms with Crippen LogP contribution in [0.2, 0.25) is 0 Å². The minimum absolute atomic E-state index is 0.0845. The average molecular weight is 401 g/mol. The van der Waals surface area contributed by atoms with Crippen LogP contribution in [0.4, 0.5) is 5.69 Å². The van der Waals surface area contributed by atoms with E-state index in [0.29, 0.717) is 40.0 Å². The Bertz CT molecular complexity index is 1030. The molecule has 25 heavy (non-hydrogen) atoms. The van der Waals surface area contributed by atoms with E-state index in [1.807, 2.05) is 18.2 Å². The molecule has 6 nitrogen and oxygen atoms in total. The maximum absolute atomic E-state index is 13.1. The number of hydrogen-bond acceptors (Lipinski definition) is 6. The molecule has 1 N–H and O–H groups in total. The Morgan fingerprint density at radius 1 is 1.32 bits per heavy atom. The Balaban J connectivity index is 1.84. The van der Waals surface area contributed by atoms with E-state index in [-0.39, 0.29) is 18.4 Å². The van der Waals surface area contributed by atoms with Crippen LogP contribution in [0.5, 0.6) is 0 Å². The molecule has 0 bridgehead atoms. The van der Waals surface area contributed by atoms with Gasteiger partial charge in [-0.3, -0.25) is 9.59 Å². The molecule has 0 fully saturated rings. The Hall–Kier alpha value is -2.67. The molecule has 126 valence electrons. The molecular weight excluding hydrogens is 388 g/mol. The maximum Gasteiger partial charge on any atom is 0.302 e. The molecule has 2 aromatic carbocycles. The van der Waals surface area contributed by atoms with Crippen molar-refractivity contribution < 1.29 is 18.8 Å². The predicted molar refractivity (Wildman–Crippen MR) is 95.7 cm³/mol. The second kappa shape index (κ2) is 6.00. The van der Waals surface area contributed by atoms with Crippen LogP contribution in [0, 0.1) is 0 Å². The van der Waals surface area contributed by atoms with Crippen molar-refractivity contribution in [2.75, 3.05) is 18.5 Å². The SMILES string of the molecule is CC(=O)OCCNc1cc(Br)c2noc3c2c1C(=O)c1ccccc1-3. The van der Waals surface area contributed by atoms with Gasteiger partial charge in [-0.25, -0.2) is 0 Å². The standard InChI is InChI=1S/C18H13BrN2O4/c1-9(22)24-7-6-20-13-8-12(19)16-15-14(13)17(23)10-4-2-3-5-11(10)18(15)25-21-16/h2-5,8,20H,6-7H2,1H3. The number of nitrogens with zero attached hydrogens (tertiary/aromatic N) is 1. The summed E-state index contributed by atoms with van der Waals surface area (Å²) in [7, 11) is 0. The van der Waals surface area contributed by atoms with Crippen molar-refractivity contribution in [2.45, 2.75) is 6.92 Å². The minimum atomic E-state index is -0.342. The molecule has 0 radical (unpaired) electrons.